The molecule has 1 aliphatic heterocycles. The molecule has 0 saturated carbocycles. The standard InChI is InChI=1S/C23H27F3N4O3/c1-16-4-3-5-20(17(16)2)28-22(32)15-30-12-10-29(11-13-30)14-21(31)27-18-6-8-19(9-7-18)33-23(24,25)26/h3-9H,10-15H2,1-2H3,(H,27,31)(H,28,32). The van der Waals surface area contributed by atoms with E-state index in [0.29, 0.717) is 31.9 Å². The Labute approximate surface area is 190 Å². The second-order valence-electron chi connectivity index (χ2n) is 7.97. The fourth-order valence-electron chi connectivity index (χ4n) is 3.53. The van der Waals surface area contributed by atoms with Crippen LogP contribution in [-0.4, -0.2) is 67.2 Å². The van der Waals surface area contributed by atoms with E-state index in [0.717, 1.165) is 28.9 Å². The number of rotatable bonds is 7. The average Bonchev–Trinajstić information content (AvgIpc) is 2.73. The maximum Gasteiger partial charge on any atom is 0.573 e. The SMILES string of the molecule is Cc1cccc(NC(=O)CN2CCN(CC(=O)Nc3ccc(OC(F)(F)F)cc3)CC2)c1C. The third kappa shape index (κ3) is 7.76. The van der Waals surface area contributed by atoms with Crippen LogP contribution in [-0.2, 0) is 9.59 Å². The van der Waals surface area contributed by atoms with Gasteiger partial charge in [0, 0.05) is 37.6 Å². The van der Waals surface area contributed by atoms with Gasteiger partial charge >= 0.3 is 6.36 Å². The summed E-state index contributed by atoms with van der Waals surface area (Å²) < 4.78 is 40.5. The molecule has 1 fully saturated rings. The minimum Gasteiger partial charge on any atom is -0.406 e. The zero-order valence-corrected chi connectivity index (χ0v) is 18.5. The van der Waals surface area contributed by atoms with Gasteiger partial charge < -0.3 is 15.4 Å². The first-order valence-corrected chi connectivity index (χ1v) is 10.6. The number of nitrogens with one attached hydrogen (secondary N) is 2. The first-order valence-electron chi connectivity index (χ1n) is 10.6. The van der Waals surface area contributed by atoms with Gasteiger partial charge in [-0.15, -0.1) is 13.2 Å². The minimum absolute atomic E-state index is 0.0761. The van der Waals surface area contributed by atoms with Crippen LogP contribution in [0.2, 0.25) is 0 Å². The third-order valence-electron chi connectivity index (χ3n) is 5.45. The van der Waals surface area contributed by atoms with E-state index >= 15 is 0 Å². The quantitative estimate of drug-likeness (QED) is 0.657. The first-order chi connectivity index (χ1) is 15.6. The van der Waals surface area contributed by atoms with Crippen LogP contribution in [0.25, 0.3) is 0 Å². The lowest BCUT2D eigenvalue weighted by Crippen LogP contribution is -2.50. The lowest BCUT2D eigenvalue weighted by molar-refractivity contribution is -0.274. The number of hydrogen-bond donors (Lipinski definition) is 2. The van der Waals surface area contributed by atoms with E-state index in [1.54, 1.807) is 0 Å². The predicted octanol–water partition coefficient (Wildman–Crippen LogP) is 3.40. The molecule has 1 saturated heterocycles. The summed E-state index contributed by atoms with van der Waals surface area (Å²) in [4.78, 5) is 28.7. The number of anilines is 2. The number of alkyl halides is 3. The number of carbonyl (C=O) groups excluding carboxylic acids is 2. The van der Waals surface area contributed by atoms with Crippen LogP contribution in [0.4, 0.5) is 24.5 Å². The van der Waals surface area contributed by atoms with Crippen molar-refractivity contribution in [3.8, 4) is 5.75 Å². The molecule has 0 aromatic heterocycles. The normalized spacial score (nSPS) is 15.2. The molecule has 0 bridgehead atoms. The fraction of sp³-hybridized carbons (Fsp3) is 0.391. The van der Waals surface area contributed by atoms with Crippen molar-refractivity contribution in [2.24, 2.45) is 0 Å². The van der Waals surface area contributed by atoms with Gasteiger partial charge in [0.2, 0.25) is 11.8 Å². The summed E-state index contributed by atoms with van der Waals surface area (Å²) >= 11 is 0. The molecule has 2 amide bonds. The zero-order chi connectivity index (χ0) is 24.0. The number of piperazine rings is 1. The Morgan fingerprint density at radius 2 is 1.42 bits per heavy atom. The Balaban J connectivity index is 1.39. The largest absolute Gasteiger partial charge is 0.573 e. The van der Waals surface area contributed by atoms with Crippen LogP contribution < -0.4 is 15.4 Å². The van der Waals surface area contributed by atoms with Crippen molar-refractivity contribution in [2.75, 3.05) is 49.9 Å². The zero-order valence-electron chi connectivity index (χ0n) is 18.5. The molecule has 0 radical (unpaired) electrons. The van der Waals surface area contributed by atoms with Gasteiger partial charge in [-0.25, -0.2) is 0 Å². The van der Waals surface area contributed by atoms with Crippen LogP contribution in [0.15, 0.2) is 42.5 Å². The number of nitrogens with zero attached hydrogens (tertiary/aromatic N) is 2. The summed E-state index contributed by atoms with van der Waals surface area (Å²) in [6, 6.07) is 10.8. The summed E-state index contributed by atoms with van der Waals surface area (Å²) in [5.74, 6) is -0.688. The van der Waals surface area contributed by atoms with E-state index in [9.17, 15) is 22.8 Å². The van der Waals surface area contributed by atoms with E-state index in [-0.39, 0.29) is 30.7 Å². The molecule has 2 N–H and O–H groups in total. The van der Waals surface area contributed by atoms with Crippen LogP contribution in [0.1, 0.15) is 11.1 Å². The first kappa shape index (κ1) is 24.5. The van der Waals surface area contributed by atoms with Crippen molar-refractivity contribution < 1.29 is 27.5 Å². The van der Waals surface area contributed by atoms with Crippen molar-refractivity contribution in [1.29, 1.82) is 0 Å². The highest BCUT2D eigenvalue weighted by Gasteiger charge is 2.31. The van der Waals surface area contributed by atoms with E-state index < -0.39 is 6.36 Å². The van der Waals surface area contributed by atoms with Crippen molar-refractivity contribution >= 4 is 23.2 Å². The second kappa shape index (κ2) is 10.7. The molecule has 1 heterocycles. The van der Waals surface area contributed by atoms with Gasteiger partial charge in [-0.3, -0.25) is 19.4 Å². The molecule has 33 heavy (non-hydrogen) atoms. The second-order valence-corrected chi connectivity index (χ2v) is 7.97. The molecule has 0 atom stereocenters. The van der Waals surface area contributed by atoms with Gasteiger partial charge in [0.1, 0.15) is 5.75 Å². The third-order valence-corrected chi connectivity index (χ3v) is 5.45. The molecular formula is C23H27F3N4O3. The van der Waals surface area contributed by atoms with Crippen LogP contribution >= 0.6 is 0 Å². The molecule has 2 aromatic carbocycles. The van der Waals surface area contributed by atoms with Crippen molar-refractivity contribution in [2.45, 2.75) is 20.2 Å². The monoisotopic (exact) mass is 464 g/mol. The molecule has 2 aromatic rings. The number of amides is 2. The number of halogens is 3. The molecule has 10 heteroatoms. The highest BCUT2D eigenvalue weighted by atomic mass is 19.4. The maximum absolute atomic E-state index is 12.4. The summed E-state index contributed by atoms with van der Waals surface area (Å²) in [7, 11) is 0. The topological polar surface area (TPSA) is 73.9 Å². The van der Waals surface area contributed by atoms with Gasteiger partial charge in [-0.1, -0.05) is 12.1 Å². The summed E-state index contributed by atoms with van der Waals surface area (Å²) in [6.07, 6.45) is -4.76. The highest BCUT2D eigenvalue weighted by molar-refractivity contribution is 5.93. The smallest absolute Gasteiger partial charge is 0.406 e. The van der Waals surface area contributed by atoms with Gasteiger partial charge in [0.15, 0.2) is 0 Å². The van der Waals surface area contributed by atoms with Gasteiger partial charge in [-0.2, -0.15) is 0 Å². The van der Waals surface area contributed by atoms with Crippen LogP contribution in [0.3, 0.4) is 0 Å². The molecule has 3 rings (SSSR count). The minimum atomic E-state index is -4.76. The fourth-order valence-corrected chi connectivity index (χ4v) is 3.53. The van der Waals surface area contributed by atoms with Crippen LogP contribution in [0, 0.1) is 13.8 Å². The summed E-state index contributed by atoms with van der Waals surface area (Å²) in [6.45, 7) is 6.96. The maximum atomic E-state index is 12.4. The lowest BCUT2D eigenvalue weighted by atomic mass is 10.1. The Morgan fingerprint density at radius 3 is 1.97 bits per heavy atom. The van der Waals surface area contributed by atoms with E-state index in [1.807, 2.05) is 41.8 Å². The molecule has 0 aliphatic carbocycles. The Bertz CT molecular complexity index is 972. The molecule has 7 nitrogen and oxygen atoms in total. The predicted molar refractivity (Wildman–Crippen MR) is 119 cm³/mol. The van der Waals surface area contributed by atoms with Crippen molar-refractivity contribution in [1.82, 2.24) is 9.80 Å². The van der Waals surface area contributed by atoms with Crippen LogP contribution in [0.5, 0.6) is 5.75 Å². The highest BCUT2D eigenvalue weighted by Crippen LogP contribution is 2.24. The Morgan fingerprint density at radius 1 is 0.879 bits per heavy atom. The van der Waals surface area contributed by atoms with E-state index in [1.165, 1.54) is 12.1 Å². The summed E-state index contributed by atoms with van der Waals surface area (Å²) in [5, 5.41) is 5.62. The van der Waals surface area contributed by atoms with Gasteiger partial charge in [0.25, 0.3) is 0 Å². The number of aryl methyl sites for hydroxylation is 1. The Hall–Kier alpha value is -3.11. The number of hydrogen-bond acceptors (Lipinski definition) is 5. The average molecular weight is 464 g/mol. The molecule has 0 unspecified atom stereocenters. The summed E-state index contributed by atoms with van der Waals surface area (Å²) in [5.41, 5.74) is 3.36. The number of carbonyl (C=O) groups is 2. The van der Waals surface area contributed by atoms with Crippen molar-refractivity contribution in [3.63, 3.8) is 0 Å². The lowest BCUT2D eigenvalue weighted by Gasteiger charge is -2.33. The number of ether oxygens (including phenoxy) is 1. The van der Waals surface area contributed by atoms with Crippen molar-refractivity contribution in [3.05, 3.63) is 53.6 Å². The Kier molecular flexibility index (Phi) is 7.93. The molecule has 0 spiro atoms. The molecule has 1 aliphatic rings. The molecular weight excluding hydrogens is 437 g/mol. The van der Waals surface area contributed by atoms with Gasteiger partial charge in [-0.05, 0) is 55.3 Å². The van der Waals surface area contributed by atoms with E-state index in [2.05, 4.69) is 15.4 Å². The van der Waals surface area contributed by atoms with Gasteiger partial charge in [0.05, 0.1) is 13.1 Å². The number of benzene rings is 2. The molecule has 178 valence electrons. The van der Waals surface area contributed by atoms with E-state index in [4.69, 9.17) is 0 Å².